The van der Waals surface area contributed by atoms with Gasteiger partial charge in [0.25, 0.3) is 0 Å². The zero-order valence-corrected chi connectivity index (χ0v) is 11.1. The fourth-order valence-electron chi connectivity index (χ4n) is 1.11. The van der Waals surface area contributed by atoms with Crippen LogP contribution in [0.4, 0.5) is 0 Å². The summed E-state index contributed by atoms with van der Waals surface area (Å²) in [6.07, 6.45) is 5.35. The predicted octanol–water partition coefficient (Wildman–Crippen LogP) is 1.30. The summed E-state index contributed by atoms with van der Waals surface area (Å²) < 4.78 is 29.0. The maximum Gasteiger partial charge on any atom is 0.236 e. The van der Waals surface area contributed by atoms with Crippen molar-refractivity contribution >= 4 is 10.0 Å². The Labute approximate surface area is 103 Å². The highest BCUT2D eigenvalue weighted by Crippen LogP contribution is 2.17. The molecule has 0 saturated heterocycles. The van der Waals surface area contributed by atoms with Crippen LogP contribution in [0.3, 0.4) is 0 Å². The van der Waals surface area contributed by atoms with Gasteiger partial charge in [-0.15, -0.1) is 0 Å². The molecular weight excluding hydrogens is 240 g/mol. The van der Waals surface area contributed by atoms with Crippen LogP contribution in [-0.4, -0.2) is 26.1 Å². The van der Waals surface area contributed by atoms with E-state index in [1.807, 2.05) is 0 Å². The van der Waals surface area contributed by atoms with Gasteiger partial charge in [0.1, 0.15) is 5.76 Å². The van der Waals surface area contributed by atoms with E-state index in [2.05, 4.69) is 13.2 Å². The molecule has 0 aromatic rings. The van der Waals surface area contributed by atoms with E-state index in [1.165, 1.54) is 13.2 Å². The van der Waals surface area contributed by atoms with Gasteiger partial charge in [-0.25, -0.2) is 12.7 Å². The molecule has 0 heterocycles. The molecule has 0 fully saturated rings. The SMILES string of the molecule is C=CN(/C(=C/C(=C\C)OC)C(=C)N)S(C)(=O)=O. The molecule has 0 aliphatic carbocycles. The number of ether oxygens (including phenoxy) is 1. The fraction of sp³-hybridized carbons (Fsp3) is 0.273. The van der Waals surface area contributed by atoms with Crippen LogP contribution in [0.1, 0.15) is 6.92 Å². The molecule has 0 rings (SSSR count). The second-order valence-electron chi connectivity index (χ2n) is 3.19. The summed E-state index contributed by atoms with van der Waals surface area (Å²) in [5.41, 5.74) is 5.88. The van der Waals surface area contributed by atoms with Gasteiger partial charge in [0.2, 0.25) is 10.0 Å². The first-order chi connectivity index (χ1) is 7.77. The van der Waals surface area contributed by atoms with Crippen molar-refractivity contribution in [1.29, 1.82) is 0 Å². The topological polar surface area (TPSA) is 72.6 Å². The van der Waals surface area contributed by atoms with E-state index in [0.29, 0.717) is 5.76 Å². The van der Waals surface area contributed by atoms with Gasteiger partial charge < -0.3 is 10.5 Å². The van der Waals surface area contributed by atoms with Crippen LogP contribution < -0.4 is 5.73 Å². The molecule has 5 nitrogen and oxygen atoms in total. The number of nitrogens with two attached hydrogens (primary N) is 1. The molecule has 96 valence electrons. The molecule has 0 radical (unpaired) electrons. The molecule has 0 aliphatic heterocycles. The zero-order valence-electron chi connectivity index (χ0n) is 10.3. The van der Waals surface area contributed by atoms with E-state index in [-0.39, 0.29) is 11.4 Å². The van der Waals surface area contributed by atoms with E-state index >= 15 is 0 Å². The third kappa shape index (κ3) is 4.36. The van der Waals surface area contributed by atoms with Gasteiger partial charge in [0, 0.05) is 18.0 Å². The standard InChI is InChI=1S/C11H18N2O3S/c1-6-10(16-4)8-11(9(3)12)13(7-2)17(5,14)15/h6-8H,2-3,12H2,1,4-5H3/b10-6+,11-8+. The van der Waals surface area contributed by atoms with Crippen LogP contribution >= 0.6 is 0 Å². The van der Waals surface area contributed by atoms with Crippen molar-refractivity contribution in [3.63, 3.8) is 0 Å². The van der Waals surface area contributed by atoms with Gasteiger partial charge in [-0.1, -0.05) is 13.2 Å². The van der Waals surface area contributed by atoms with Crippen molar-refractivity contribution < 1.29 is 13.2 Å². The summed E-state index contributed by atoms with van der Waals surface area (Å²) in [5.74, 6) is 0.474. The first-order valence-corrected chi connectivity index (χ1v) is 6.61. The van der Waals surface area contributed by atoms with Crippen LogP contribution in [0.5, 0.6) is 0 Å². The summed E-state index contributed by atoms with van der Waals surface area (Å²) in [7, 11) is -2.02. The number of allylic oxidation sites excluding steroid dienone is 2. The number of hydrogen-bond acceptors (Lipinski definition) is 4. The van der Waals surface area contributed by atoms with Crippen molar-refractivity contribution in [2.24, 2.45) is 5.73 Å². The number of methoxy groups -OCH3 is 1. The Hall–Kier alpha value is -1.69. The third-order valence-corrected chi connectivity index (χ3v) is 2.95. The summed E-state index contributed by atoms with van der Waals surface area (Å²) in [6, 6.07) is 0. The number of sulfonamides is 1. The molecule has 0 atom stereocenters. The number of hydrogen-bond donors (Lipinski definition) is 1. The van der Waals surface area contributed by atoms with Crippen molar-refractivity contribution in [3.8, 4) is 0 Å². The monoisotopic (exact) mass is 258 g/mol. The first-order valence-electron chi connectivity index (χ1n) is 4.76. The zero-order chi connectivity index (χ0) is 13.6. The van der Waals surface area contributed by atoms with Gasteiger partial charge in [-0.2, -0.15) is 0 Å². The molecule has 0 aliphatic rings. The molecule has 17 heavy (non-hydrogen) atoms. The van der Waals surface area contributed by atoms with Crippen LogP contribution in [0, 0.1) is 0 Å². The second-order valence-corrected chi connectivity index (χ2v) is 5.05. The molecule has 6 heteroatoms. The van der Waals surface area contributed by atoms with Gasteiger partial charge >= 0.3 is 0 Å². The van der Waals surface area contributed by atoms with Crippen LogP contribution in [0.2, 0.25) is 0 Å². The Bertz CT molecular complexity index is 461. The summed E-state index contributed by atoms with van der Waals surface area (Å²) in [6.45, 7) is 8.73. The highest BCUT2D eigenvalue weighted by atomic mass is 32.2. The van der Waals surface area contributed by atoms with E-state index in [1.54, 1.807) is 13.0 Å². The van der Waals surface area contributed by atoms with Crippen molar-refractivity contribution in [3.05, 3.63) is 48.7 Å². The molecule has 0 saturated carbocycles. The maximum absolute atomic E-state index is 11.5. The lowest BCUT2D eigenvalue weighted by molar-refractivity contribution is 0.305. The molecule has 0 bridgehead atoms. The average molecular weight is 258 g/mol. The number of nitrogens with zero attached hydrogens (tertiary/aromatic N) is 1. The first kappa shape index (κ1) is 15.3. The molecular formula is C11H18N2O3S. The van der Waals surface area contributed by atoms with Gasteiger partial charge in [0.15, 0.2) is 0 Å². The van der Waals surface area contributed by atoms with Crippen molar-refractivity contribution in [2.45, 2.75) is 6.92 Å². The lowest BCUT2D eigenvalue weighted by atomic mass is 10.3. The second kappa shape index (κ2) is 6.15. The van der Waals surface area contributed by atoms with Gasteiger partial charge in [-0.05, 0) is 13.0 Å². The Morgan fingerprint density at radius 2 is 2.00 bits per heavy atom. The molecule has 0 amide bonds. The van der Waals surface area contributed by atoms with E-state index in [0.717, 1.165) is 16.8 Å². The minimum atomic E-state index is -3.50. The van der Waals surface area contributed by atoms with Crippen molar-refractivity contribution in [1.82, 2.24) is 4.31 Å². The van der Waals surface area contributed by atoms with Crippen LogP contribution in [0.25, 0.3) is 0 Å². The summed E-state index contributed by atoms with van der Waals surface area (Å²) in [5, 5.41) is 0. The smallest absolute Gasteiger partial charge is 0.236 e. The maximum atomic E-state index is 11.5. The minimum Gasteiger partial charge on any atom is -0.497 e. The molecule has 0 aromatic heterocycles. The molecule has 0 unspecified atom stereocenters. The van der Waals surface area contributed by atoms with Crippen LogP contribution in [-0.2, 0) is 14.8 Å². The Balaban J connectivity index is 5.68. The molecule has 0 spiro atoms. The Morgan fingerprint density at radius 3 is 2.24 bits per heavy atom. The van der Waals surface area contributed by atoms with E-state index in [4.69, 9.17) is 10.5 Å². The Morgan fingerprint density at radius 1 is 1.47 bits per heavy atom. The van der Waals surface area contributed by atoms with E-state index in [9.17, 15) is 8.42 Å². The molecule has 0 aromatic carbocycles. The largest absolute Gasteiger partial charge is 0.497 e. The summed E-state index contributed by atoms with van der Waals surface area (Å²) in [4.78, 5) is 0. The average Bonchev–Trinajstić information content (AvgIpc) is 2.21. The summed E-state index contributed by atoms with van der Waals surface area (Å²) >= 11 is 0. The highest BCUT2D eigenvalue weighted by molar-refractivity contribution is 7.88. The quantitative estimate of drug-likeness (QED) is 0.575. The lowest BCUT2D eigenvalue weighted by Crippen LogP contribution is -2.26. The minimum absolute atomic E-state index is 0.103. The predicted molar refractivity (Wildman–Crippen MR) is 69.1 cm³/mol. The van der Waals surface area contributed by atoms with Crippen molar-refractivity contribution in [2.75, 3.05) is 13.4 Å². The van der Waals surface area contributed by atoms with Gasteiger partial charge in [-0.3, -0.25) is 0 Å². The fourth-order valence-corrected chi connectivity index (χ4v) is 1.90. The molecule has 2 N–H and O–H groups in total. The third-order valence-electron chi connectivity index (χ3n) is 1.89. The van der Waals surface area contributed by atoms with Gasteiger partial charge in [0.05, 0.1) is 19.1 Å². The normalized spacial score (nSPS) is 13.1. The van der Waals surface area contributed by atoms with Crippen LogP contribution in [0.15, 0.2) is 48.7 Å². The van der Waals surface area contributed by atoms with E-state index < -0.39 is 10.0 Å². The Kier molecular flexibility index (Phi) is 5.53. The number of rotatable bonds is 6. The lowest BCUT2D eigenvalue weighted by Gasteiger charge is -2.21. The highest BCUT2D eigenvalue weighted by Gasteiger charge is 2.18.